The molecule has 1 N–H and O–H groups in total. The van der Waals surface area contributed by atoms with Crippen LogP contribution in [0.25, 0.3) is 11.3 Å². The van der Waals surface area contributed by atoms with Gasteiger partial charge in [-0.25, -0.2) is 0 Å². The fourth-order valence-electron chi connectivity index (χ4n) is 1.38. The summed E-state index contributed by atoms with van der Waals surface area (Å²) in [6, 6.07) is 3.31. The molecule has 7 heteroatoms. The Morgan fingerprint density at radius 1 is 1.32 bits per heavy atom. The number of carbonyl (C=O) groups is 1. The predicted octanol–water partition coefficient (Wildman–Crippen LogP) is 2.88. The molecule has 1 amide bonds. The number of hydrogen-bond donors (Lipinski definition) is 1. The first-order valence-electron chi connectivity index (χ1n) is 5.27. The van der Waals surface area contributed by atoms with Crippen LogP contribution in [0.3, 0.4) is 0 Å². The van der Waals surface area contributed by atoms with E-state index in [0.717, 1.165) is 0 Å². The molecule has 19 heavy (non-hydrogen) atoms. The summed E-state index contributed by atoms with van der Waals surface area (Å²) in [5.74, 6) is -0.196. The Morgan fingerprint density at radius 3 is 2.74 bits per heavy atom. The summed E-state index contributed by atoms with van der Waals surface area (Å²) in [6.07, 6.45) is 4.67. The molecular weight excluding hydrogens is 289 g/mol. The van der Waals surface area contributed by atoms with Crippen molar-refractivity contribution in [1.29, 1.82) is 0 Å². The van der Waals surface area contributed by atoms with E-state index in [2.05, 4.69) is 15.4 Å². The van der Waals surface area contributed by atoms with Gasteiger partial charge >= 0.3 is 0 Å². The first-order chi connectivity index (χ1) is 9.09. The molecule has 0 aliphatic carbocycles. The number of rotatable bonds is 3. The molecule has 2 aromatic rings. The lowest BCUT2D eigenvalue weighted by molar-refractivity contribution is -0.125. The van der Waals surface area contributed by atoms with Gasteiger partial charge in [-0.2, -0.15) is 5.48 Å². The van der Waals surface area contributed by atoms with Crippen molar-refractivity contribution in [3.05, 3.63) is 40.8 Å². The van der Waals surface area contributed by atoms with E-state index in [0.29, 0.717) is 11.3 Å². The molecule has 0 saturated heterocycles. The van der Waals surface area contributed by atoms with E-state index in [1.807, 2.05) is 0 Å². The summed E-state index contributed by atoms with van der Waals surface area (Å²) in [6.45, 7) is 1.31. The number of carbonyl (C=O) groups excluding carboxylic acids is 1. The third-order valence-corrected chi connectivity index (χ3v) is 2.86. The number of hydroxylamine groups is 1. The van der Waals surface area contributed by atoms with E-state index in [9.17, 15) is 4.79 Å². The highest BCUT2D eigenvalue weighted by Crippen LogP contribution is 2.39. The third kappa shape index (κ3) is 3.13. The topological polar surface area (TPSA) is 64.1 Å². The average Bonchev–Trinajstić information content (AvgIpc) is 2.39. The van der Waals surface area contributed by atoms with Crippen molar-refractivity contribution >= 4 is 29.1 Å². The Hall–Kier alpha value is -1.85. The Morgan fingerprint density at radius 2 is 2.11 bits per heavy atom. The van der Waals surface area contributed by atoms with E-state index < -0.39 is 0 Å². The van der Waals surface area contributed by atoms with Gasteiger partial charge in [0.2, 0.25) is 5.91 Å². The lowest BCUT2D eigenvalue weighted by Gasteiger charge is -2.11. The lowest BCUT2D eigenvalue weighted by Crippen LogP contribution is -2.24. The van der Waals surface area contributed by atoms with Crippen molar-refractivity contribution in [3.63, 3.8) is 0 Å². The minimum atomic E-state index is -0.364. The molecule has 1 aromatic heterocycles. The highest BCUT2D eigenvalue weighted by atomic mass is 35.5. The minimum absolute atomic E-state index is 0.168. The molecular formula is C12H9Cl2N3O2. The Bertz CT molecular complexity index is 605. The quantitative estimate of drug-likeness (QED) is 0.885. The summed E-state index contributed by atoms with van der Waals surface area (Å²) in [4.78, 5) is 24.0. The van der Waals surface area contributed by atoms with Crippen molar-refractivity contribution < 1.29 is 9.63 Å². The third-order valence-electron chi connectivity index (χ3n) is 2.19. The maximum absolute atomic E-state index is 10.8. The Labute approximate surface area is 119 Å². The van der Waals surface area contributed by atoms with E-state index in [1.165, 1.54) is 6.92 Å². The van der Waals surface area contributed by atoms with Crippen LogP contribution in [0.15, 0.2) is 30.7 Å². The maximum atomic E-state index is 10.8. The molecule has 0 atom stereocenters. The average molecular weight is 298 g/mol. The summed E-state index contributed by atoms with van der Waals surface area (Å²) in [7, 11) is 0. The molecule has 0 bridgehead atoms. The second kappa shape index (κ2) is 5.86. The van der Waals surface area contributed by atoms with E-state index in [4.69, 9.17) is 28.0 Å². The van der Waals surface area contributed by atoms with Crippen molar-refractivity contribution in [2.45, 2.75) is 6.92 Å². The zero-order valence-electron chi connectivity index (χ0n) is 9.85. The van der Waals surface area contributed by atoms with Crippen LogP contribution in [-0.2, 0) is 4.79 Å². The zero-order valence-corrected chi connectivity index (χ0v) is 11.4. The molecule has 5 nitrogen and oxygen atoms in total. The van der Waals surface area contributed by atoms with Gasteiger partial charge in [-0.05, 0) is 12.1 Å². The van der Waals surface area contributed by atoms with Gasteiger partial charge in [0.15, 0.2) is 5.75 Å². The van der Waals surface area contributed by atoms with E-state index in [1.54, 1.807) is 30.7 Å². The molecule has 0 fully saturated rings. The summed E-state index contributed by atoms with van der Waals surface area (Å²) >= 11 is 12.2. The second-order valence-electron chi connectivity index (χ2n) is 3.59. The lowest BCUT2D eigenvalue weighted by atomic mass is 10.1. The SMILES string of the molecule is CC(=O)NOc1c(Cl)ccc(-c2cnccn2)c1Cl. The highest BCUT2D eigenvalue weighted by molar-refractivity contribution is 6.38. The molecule has 0 aliphatic rings. The number of halogens is 2. The number of nitrogens with one attached hydrogen (secondary N) is 1. The maximum Gasteiger partial charge on any atom is 0.249 e. The van der Waals surface area contributed by atoms with Crippen LogP contribution in [0.2, 0.25) is 10.0 Å². The van der Waals surface area contributed by atoms with Crippen LogP contribution in [0.4, 0.5) is 0 Å². The van der Waals surface area contributed by atoms with Crippen LogP contribution in [-0.4, -0.2) is 15.9 Å². The molecule has 1 heterocycles. The Kier molecular flexibility index (Phi) is 4.19. The molecule has 0 unspecified atom stereocenters. The first kappa shape index (κ1) is 13.6. The fraction of sp³-hybridized carbons (Fsp3) is 0.0833. The van der Waals surface area contributed by atoms with Crippen molar-refractivity contribution in [2.24, 2.45) is 0 Å². The van der Waals surface area contributed by atoms with Gasteiger partial charge in [0.1, 0.15) is 0 Å². The van der Waals surface area contributed by atoms with Crippen LogP contribution in [0.5, 0.6) is 5.75 Å². The smallest absolute Gasteiger partial charge is 0.249 e. The number of amides is 1. The molecule has 0 radical (unpaired) electrons. The van der Waals surface area contributed by atoms with Crippen molar-refractivity contribution in [2.75, 3.05) is 0 Å². The van der Waals surface area contributed by atoms with Crippen LogP contribution in [0, 0.1) is 0 Å². The number of hydrogen-bond acceptors (Lipinski definition) is 4. The zero-order chi connectivity index (χ0) is 13.8. The normalized spacial score (nSPS) is 10.1. The molecule has 1 aromatic carbocycles. The molecule has 2 rings (SSSR count). The van der Waals surface area contributed by atoms with Crippen LogP contribution < -0.4 is 10.3 Å². The second-order valence-corrected chi connectivity index (χ2v) is 4.37. The largest absolute Gasteiger partial charge is 0.376 e. The number of aromatic nitrogens is 2. The molecule has 0 aliphatic heterocycles. The minimum Gasteiger partial charge on any atom is -0.376 e. The number of benzene rings is 1. The van der Waals surface area contributed by atoms with Gasteiger partial charge in [-0.3, -0.25) is 14.8 Å². The Balaban J connectivity index is 2.42. The van der Waals surface area contributed by atoms with Gasteiger partial charge < -0.3 is 4.84 Å². The fourth-order valence-corrected chi connectivity index (χ4v) is 1.93. The first-order valence-corrected chi connectivity index (χ1v) is 6.03. The van der Waals surface area contributed by atoms with Gasteiger partial charge in [0, 0.05) is 24.9 Å². The van der Waals surface area contributed by atoms with Gasteiger partial charge in [-0.1, -0.05) is 23.2 Å². The van der Waals surface area contributed by atoms with Gasteiger partial charge in [0.05, 0.1) is 21.9 Å². The molecule has 0 spiro atoms. The van der Waals surface area contributed by atoms with Crippen LogP contribution >= 0.6 is 23.2 Å². The van der Waals surface area contributed by atoms with E-state index in [-0.39, 0.29) is 21.7 Å². The summed E-state index contributed by atoms with van der Waals surface area (Å²) in [5, 5.41) is 0.535. The summed E-state index contributed by atoms with van der Waals surface area (Å²) in [5.41, 5.74) is 3.37. The van der Waals surface area contributed by atoms with Gasteiger partial charge in [0.25, 0.3) is 0 Å². The molecule has 98 valence electrons. The van der Waals surface area contributed by atoms with E-state index >= 15 is 0 Å². The molecule has 0 saturated carbocycles. The highest BCUT2D eigenvalue weighted by Gasteiger charge is 2.15. The number of nitrogens with zero attached hydrogens (tertiary/aromatic N) is 2. The monoisotopic (exact) mass is 297 g/mol. The van der Waals surface area contributed by atoms with Gasteiger partial charge in [-0.15, -0.1) is 0 Å². The standard InChI is InChI=1S/C12H9Cl2N3O2/c1-7(18)17-19-12-9(13)3-2-8(11(12)14)10-6-15-4-5-16-10/h2-6H,1H3,(H,17,18). The van der Waals surface area contributed by atoms with Crippen LogP contribution in [0.1, 0.15) is 6.92 Å². The summed E-state index contributed by atoms with van der Waals surface area (Å²) < 4.78 is 0. The van der Waals surface area contributed by atoms with Crippen molar-refractivity contribution in [3.8, 4) is 17.0 Å². The van der Waals surface area contributed by atoms with Crippen molar-refractivity contribution in [1.82, 2.24) is 15.4 Å². The predicted molar refractivity (Wildman–Crippen MR) is 71.9 cm³/mol.